The van der Waals surface area contributed by atoms with Gasteiger partial charge in [0.1, 0.15) is 0 Å². The Morgan fingerprint density at radius 1 is 1.27 bits per heavy atom. The molecule has 0 aliphatic carbocycles. The molecule has 26 heavy (non-hydrogen) atoms. The lowest BCUT2D eigenvalue weighted by molar-refractivity contribution is 0.0787. The van der Waals surface area contributed by atoms with Crippen molar-refractivity contribution in [1.29, 1.82) is 0 Å². The molecule has 0 radical (unpaired) electrons. The molecule has 2 aromatic heterocycles. The summed E-state index contributed by atoms with van der Waals surface area (Å²) in [5, 5.41) is 10.5. The van der Waals surface area contributed by atoms with Gasteiger partial charge in [0.15, 0.2) is 5.69 Å². The predicted octanol–water partition coefficient (Wildman–Crippen LogP) is 2.80. The molecule has 1 amide bonds. The summed E-state index contributed by atoms with van der Waals surface area (Å²) in [5.41, 5.74) is 1.90. The van der Waals surface area contributed by atoms with Crippen molar-refractivity contribution in [2.24, 2.45) is 5.92 Å². The molecule has 0 unspecified atom stereocenters. The van der Waals surface area contributed by atoms with Gasteiger partial charge in [-0.25, -0.2) is 0 Å². The highest BCUT2D eigenvalue weighted by atomic mass is 32.1. The number of carbonyl (C=O) groups is 1. The van der Waals surface area contributed by atoms with E-state index in [4.69, 9.17) is 0 Å². The van der Waals surface area contributed by atoms with E-state index in [1.165, 1.54) is 29.8 Å². The lowest BCUT2D eigenvalue weighted by Crippen LogP contribution is -2.36. The number of aryl methyl sites for hydroxylation is 1. The molecule has 4 rings (SSSR count). The Balaban J connectivity index is 1.33. The summed E-state index contributed by atoms with van der Waals surface area (Å²) in [6, 6.07) is 2.20. The van der Waals surface area contributed by atoms with Crippen molar-refractivity contribution in [1.82, 2.24) is 24.8 Å². The van der Waals surface area contributed by atoms with Crippen LogP contribution in [-0.4, -0.2) is 56.9 Å². The van der Waals surface area contributed by atoms with E-state index in [1.807, 2.05) is 27.1 Å². The van der Waals surface area contributed by atoms with E-state index in [9.17, 15) is 4.79 Å². The molecule has 1 atom stereocenters. The van der Waals surface area contributed by atoms with Crippen LogP contribution in [0.5, 0.6) is 0 Å². The second-order valence-electron chi connectivity index (χ2n) is 7.60. The van der Waals surface area contributed by atoms with E-state index in [2.05, 4.69) is 33.6 Å². The second kappa shape index (κ2) is 7.88. The van der Waals surface area contributed by atoms with Gasteiger partial charge < -0.3 is 4.90 Å². The Kier molecular flexibility index (Phi) is 5.36. The number of aromatic nitrogens is 3. The van der Waals surface area contributed by atoms with E-state index in [0.717, 1.165) is 45.6 Å². The summed E-state index contributed by atoms with van der Waals surface area (Å²) in [6.07, 6.45) is 6.48. The van der Waals surface area contributed by atoms with Crippen molar-refractivity contribution < 1.29 is 4.79 Å². The standard InChI is InChI=1S/C19H27N5OS/c1-15-6-10-26-18(15)14-22-7-4-5-16(11-22)12-24-13-17(20-21-24)19(25)23-8-2-3-9-23/h6,10,13,16H,2-5,7-9,11-12,14H2,1H3/t16-/m0/s1. The maximum atomic E-state index is 12.4. The van der Waals surface area contributed by atoms with E-state index in [1.54, 1.807) is 0 Å². The average Bonchev–Trinajstić information content (AvgIpc) is 3.38. The van der Waals surface area contributed by atoms with Crippen LogP contribution >= 0.6 is 11.3 Å². The maximum Gasteiger partial charge on any atom is 0.276 e. The van der Waals surface area contributed by atoms with Crippen LogP contribution in [0.2, 0.25) is 0 Å². The number of piperidine rings is 1. The topological polar surface area (TPSA) is 54.3 Å². The molecule has 2 aromatic rings. The van der Waals surface area contributed by atoms with Gasteiger partial charge in [0, 0.05) is 37.6 Å². The summed E-state index contributed by atoms with van der Waals surface area (Å²) in [5.74, 6) is 0.604. The number of thiophene rings is 1. The molecule has 0 aromatic carbocycles. The molecule has 7 heteroatoms. The van der Waals surface area contributed by atoms with Gasteiger partial charge in [-0.3, -0.25) is 14.4 Å². The Morgan fingerprint density at radius 2 is 2.12 bits per heavy atom. The first-order valence-corrected chi connectivity index (χ1v) is 10.5. The van der Waals surface area contributed by atoms with Crippen molar-refractivity contribution in [3.8, 4) is 0 Å². The summed E-state index contributed by atoms with van der Waals surface area (Å²) in [4.78, 5) is 18.3. The van der Waals surface area contributed by atoms with E-state index < -0.39 is 0 Å². The van der Waals surface area contributed by atoms with Crippen molar-refractivity contribution in [3.05, 3.63) is 33.8 Å². The van der Waals surface area contributed by atoms with Gasteiger partial charge in [0.05, 0.1) is 6.20 Å². The summed E-state index contributed by atoms with van der Waals surface area (Å²) in [6.45, 7) is 8.06. The quantitative estimate of drug-likeness (QED) is 0.809. The molecule has 0 N–H and O–H groups in total. The van der Waals surface area contributed by atoms with Crippen LogP contribution in [0.25, 0.3) is 0 Å². The number of hydrogen-bond donors (Lipinski definition) is 0. The Labute approximate surface area is 158 Å². The Morgan fingerprint density at radius 3 is 2.88 bits per heavy atom. The van der Waals surface area contributed by atoms with Crippen LogP contribution in [0, 0.1) is 12.8 Å². The third-order valence-electron chi connectivity index (χ3n) is 5.53. The van der Waals surface area contributed by atoms with Crippen molar-refractivity contribution in [3.63, 3.8) is 0 Å². The largest absolute Gasteiger partial charge is 0.337 e. The number of hydrogen-bond acceptors (Lipinski definition) is 5. The normalized spacial score (nSPS) is 21.4. The zero-order valence-corrected chi connectivity index (χ0v) is 16.2. The predicted molar refractivity (Wildman–Crippen MR) is 102 cm³/mol. The molecular formula is C19H27N5OS. The molecule has 0 bridgehead atoms. The molecule has 0 spiro atoms. The molecule has 140 valence electrons. The van der Waals surface area contributed by atoms with Gasteiger partial charge in [-0.2, -0.15) is 0 Å². The highest BCUT2D eigenvalue weighted by Gasteiger charge is 2.24. The molecule has 0 saturated carbocycles. The lowest BCUT2D eigenvalue weighted by Gasteiger charge is -2.32. The second-order valence-corrected chi connectivity index (χ2v) is 8.60. The van der Waals surface area contributed by atoms with Crippen LogP contribution in [0.3, 0.4) is 0 Å². The highest BCUT2D eigenvalue weighted by Crippen LogP contribution is 2.23. The first-order chi connectivity index (χ1) is 12.7. The van der Waals surface area contributed by atoms with E-state index in [0.29, 0.717) is 11.6 Å². The van der Waals surface area contributed by atoms with Crippen LogP contribution in [0.4, 0.5) is 0 Å². The van der Waals surface area contributed by atoms with Gasteiger partial charge in [0.25, 0.3) is 5.91 Å². The van der Waals surface area contributed by atoms with Crippen molar-refractivity contribution in [2.75, 3.05) is 26.2 Å². The first-order valence-electron chi connectivity index (χ1n) is 9.64. The van der Waals surface area contributed by atoms with Gasteiger partial charge in [-0.1, -0.05) is 5.21 Å². The number of rotatable bonds is 5. The highest BCUT2D eigenvalue weighted by molar-refractivity contribution is 7.10. The molecule has 2 aliphatic rings. The smallest absolute Gasteiger partial charge is 0.276 e. The molecule has 2 fully saturated rings. The SMILES string of the molecule is Cc1ccsc1CN1CCC[C@H](Cn2cc(C(=O)N3CCCC3)nn2)C1. The minimum Gasteiger partial charge on any atom is -0.337 e. The summed E-state index contributed by atoms with van der Waals surface area (Å²) >= 11 is 1.86. The molecule has 6 nitrogen and oxygen atoms in total. The monoisotopic (exact) mass is 373 g/mol. The number of likely N-dealkylation sites (tertiary alicyclic amines) is 2. The summed E-state index contributed by atoms with van der Waals surface area (Å²) < 4.78 is 1.87. The van der Waals surface area contributed by atoms with Gasteiger partial charge in [-0.15, -0.1) is 16.4 Å². The summed E-state index contributed by atoms with van der Waals surface area (Å²) in [7, 11) is 0. The fraction of sp³-hybridized carbons (Fsp3) is 0.632. The van der Waals surface area contributed by atoms with E-state index >= 15 is 0 Å². The van der Waals surface area contributed by atoms with Crippen LogP contribution in [0.15, 0.2) is 17.6 Å². The Hall–Kier alpha value is -1.73. The molecule has 4 heterocycles. The molecule has 2 aliphatic heterocycles. The maximum absolute atomic E-state index is 12.4. The fourth-order valence-electron chi connectivity index (χ4n) is 4.05. The van der Waals surface area contributed by atoms with E-state index in [-0.39, 0.29) is 5.91 Å². The molecular weight excluding hydrogens is 346 g/mol. The molecule has 2 saturated heterocycles. The fourth-order valence-corrected chi connectivity index (χ4v) is 4.99. The van der Waals surface area contributed by atoms with Crippen molar-refractivity contribution in [2.45, 2.75) is 45.7 Å². The average molecular weight is 374 g/mol. The lowest BCUT2D eigenvalue weighted by atomic mass is 9.98. The zero-order chi connectivity index (χ0) is 17.9. The number of amides is 1. The first kappa shape index (κ1) is 17.7. The Bertz CT molecular complexity index is 749. The minimum atomic E-state index is 0.0344. The van der Waals surface area contributed by atoms with Gasteiger partial charge in [0.2, 0.25) is 0 Å². The van der Waals surface area contributed by atoms with Gasteiger partial charge >= 0.3 is 0 Å². The van der Waals surface area contributed by atoms with Crippen LogP contribution in [-0.2, 0) is 13.1 Å². The number of carbonyl (C=O) groups excluding carboxylic acids is 1. The number of nitrogens with zero attached hydrogens (tertiary/aromatic N) is 5. The minimum absolute atomic E-state index is 0.0344. The van der Waals surface area contributed by atoms with Crippen LogP contribution < -0.4 is 0 Å². The van der Waals surface area contributed by atoms with Crippen molar-refractivity contribution >= 4 is 17.2 Å². The third-order valence-corrected chi connectivity index (χ3v) is 6.54. The van der Waals surface area contributed by atoms with Crippen LogP contribution in [0.1, 0.15) is 46.6 Å². The van der Waals surface area contributed by atoms with Gasteiger partial charge in [-0.05, 0) is 62.1 Å². The zero-order valence-electron chi connectivity index (χ0n) is 15.4. The third kappa shape index (κ3) is 3.99.